The third-order valence-electron chi connectivity index (χ3n) is 4.59. The molecule has 0 bridgehead atoms. The van der Waals surface area contributed by atoms with Gasteiger partial charge in [-0.2, -0.15) is 12.7 Å². The van der Waals surface area contributed by atoms with Gasteiger partial charge in [-0.15, -0.1) is 0 Å². The van der Waals surface area contributed by atoms with Crippen LogP contribution in [0.1, 0.15) is 12.8 Å². The lowest BCUT2D eigenvalue weighted by Gasteiger charge is -2.41. The molecule has 0 atom stereocenters. The molecule has 1 saturated heterocycles. The van der Waals surface area contributed by atoms with Gasteiger partial charge in [0.25, 0.3) is 10.2 Å². The quantitative estimate of drug-likeness (QED) is 0.834. The highest BCUT2D eigenvalue weighted by molar-refractivity contribution is 7.87. The summed E-state index contributed by atoms with van der Waals surface area (Å²) in [6.45, 7) is 1.77. The topological polar surface area (TPSA) is 94.2 Å². The summed E-state index contributed by atoms with van der Waals surface area (Å²) in [6, 6.07) is 1.96. The normalized spacial score (nSPS) is 21.6. The van der Waals surface area contributed by atoms with E-state index in [1.54, 1.807) is 10.6 Å². The zero-order valence-corrected chi connectivity index (χ0v) is 13.1. The van der Waals surface area contributed by atoms with Gasteiger partial charge in [-0.05, 0) is 18.9 Å². The molecule has 0 amide bonds. The van der Waals surface area contributed by atoms with Gasteiger partial charge in [-0.3, -0.25) is 0 Å². The third kappa shape index (κ3) is 2.00. The summed E-state index contributed by atoms with van der Waals surface area (Å²) < 4.78 is 28.4. The molecule has 2 fully saturated rings. The Kier molecular flexibility index (Phi) is 2.94. The van der Waals surface area contributed by atoms with Gasteiger partial charge < -0.3 is 9.88 Å². The van der Waals surface area contributed by atoms with Crippen LogP contribution in [0, 0.1) is 0 Å². The molecule has 2 aliphatic rings. The van der Waals surface area contributed by atoms with E-state index in [-0.39, 0.29) is 5.54 Å². The van der Waals surface area contributed by atoms with Crippen LogP contribution in [-0.4, -0.2) is 59.9 Å². The van der Waals surface area contributed by atoms with E-state index in [4.69, 9.17) is 0 Å². The number of aromatic amines is 1. The molecule has 2 N–H and O–H groups in total. The van der Waals surface area contributed by atoms with E-state index in [0.717, 1.165) is 29.7 Å². The molecule has 0 aromatic carbocycles. The Balaban J connectivity index is 1.67. The molecule has 22 heavy (non-hydrogen) atoms. The van der Waals surface area contributed by atoms with Crippen molar-refractivity contribution in [1.29, 1.82) is 0 Å². The fraction of sp³-hybridized carbons (Fsp3) is 0.538. The average molecular weight is 322 g/mol. The lowest BCUT2D eigenvalue weighted by atomic mass is 10.2. The van der Waals surface area contributed by atoms with Gasteiger partial charge in [-0.25, -0.2) is 14.7 Å². The van der Waals surface area contributed by atoms with Gasteiger partial charge >= 0.3 is 0 Å². The molecule has 3 heterocycles. The molecule has 4 rings (SSSR count). The number of fused-ring (bicyclic) bond motifs is 1. The molecule has 2 aromatic heterocycles. The van der Waals surface area contributed by atoms with E-state index in [9.17, 15) is 8.42 Å². The zero-order chi connectivity index (χ0) is 15.4. The molecular weight excluding hydrogens is 304 g/mol. The Morgan fingerprint density at radius 3 is 2.86 bits per heavy atom. The first-order chi connectivity index (χ1) is 10.6. The lowest BCUT2D eigenvalue weighted by Crippen LogP contribution is -2.59. The Bertz CT molecular complexity index is 813. The third-order valence-corrected chi connectivity index (χ3v) is 6.26. The van der Waals surface area contributed by atoms with Crippen LogP contribution in [0.5, 0.6) is 0 Å². The van der Waals surface area contributed by atoms with Gasteiger partial charge in [0.15, 0.2) is 0 Å². The first-order valence-electron chi connectivity index (χ1n) is 7.30. The number of piperazine rings is 1. The summed E-state index contributed by atoms with van der Waals surface area (Å²) in [4.78, 5) is 13.9. The number of aromatic nitrogens is 3. The number of anilines is 1. The van der Waals surface area contributed by atoms with Gasteiger partial charge in [0, 0.05) is 32.9 Å². The molecule has 1 saturated carbocycles. The van der Waals surface area contributed by atoms with E-state index < -0.39 is 10.2 Å². The van der Waals surface area contributed by atoms with E-state index >= 15 is 0 Å². The van der Waals surface area contributed by atoms with Crippen LogP contribution in [0.2, 0.25) is 0 Å². The van der Waals surface area contributed by atoms with Crippen molar-refractivity contribution in [3.05, 3.63) is 18.6 Å². The minimum Gasteiger partial charge on any atom is -0.353 e. The molecule has 1 spiro atoms. The van der Waals surface area contributed by atoms with Gasteiger partial charge in [0.05, 0.1) is 10.9 Å². The number of H-pyrrole nitrogens is 1. The summed E-state index contributed by atoms with van der Waals surface area (Å²) in [7, 11) is -1.92. The molecule has 2 aromatic rings. The fourth-order valence-electron chi connectivity index (χ4n) is 3.29. The maximum Gasteiger partial charge on any atom is 0.279 e. The van der Waals surface area contributed by atoms with Crippen LogP contribution in [0.3, 0.4) is 0 Å². The van der Waals surface area contributed by atoms with Crippen molar-refractivity contribution in [3.63, 3.8) is 0 Å². The Labute approximate surface area is 128 Å². The monoisotopic (exact) mass is 322 g/mol. The predicted octanol–water partition coefficient (Wildman–Crippen LogP) is 0.0767. The highest BCUT2D eigenvalue weighted by Crippen LogP contribution is 2.46. The Hall–Kier alpha value is -1.71. The van der Waals surface area contributed by atoms with Crippen LogP contribution in [0.25, 0.3) is 11.0 Å². The molecule has 9 heteroatoms. The van der Waals surface area contributed by atoms with E-state index in [2.05, 4.69) is 24.6 Å². The van der Waals surface area contributed by atoms with Crippen molar-refractivity contribution >= 4 is 27.1 Å². The SMILES string of the molecule is CNS(=O)(=O)N1CCN(c2ncnc3[nH]ccc23)CC12CC2. The maximum absolute atomic E-state index is 12.2. The van der Waals surface area contributed by atoms with Crippen LogP contribution in [0.15, 0.2) is 18.6 Å². The fourth-order valence-corrected chi connectivity index (χ4v) is 4.58. The number of hydrogen-bond donors (Lipinski definition) is 2. The second kappa shape index (κ2) is 4.64. The number of hydrogen-bond acceptors (Lipinski definition) is 5. The minimum absolute atomic E-state index is 0.284. The first-order valence-corrected chi connectivity index (χ1v) is 8.74. The highest BCUT2D eigenvalue weighted by atomic mass is 32.2. The van der Waals surface area contributed by atoms with Gasteiger partial charge in [0.1, 0.15) is 17.8 Å². The molecule has 1 aliphatic heterocycles. The second-order valence-electron chi connectivity index (χ2n) is 5.86. The molecule has 8 nitrogen and oxygen atoms in total. The number of rotatable bonds is 3. The summed E-state index contributed by atoms with van der Waals surface area (Å²) in [5.41, 5.74) is 0.522. The van der Waals surface area contributed by atoms with E-state index in [1.807, 2.05) is 12.3 Å². The van der Waals surface area contributed by atoms with Crippen molar-refractivity contribution in [2.75, 3.05) is 31.6 Å². The molecule has 118 valence electrons. The smallest absolute Gasteiger partial charge is 0.279 e. The first kappa shape index (κ1) is 13.9. The van der Waals surface area contributed by atoms with Crippen molar-refractivity contribution in [1.82, 2.24) is 24.0 Å². The standard InChI is InChI=1S/C13H18N6O2S/c1-14-22(20,21)19-7-6-18(8-13(19)3-4-13)12-10-2-5-15-11(10)16-9-17-12/h2,5,9,14H,3-4,6-8H2,1H3,(H,15,16,17). The number of nitrogens with zero attached hydrogens (tertiary/aromatic N) is 4. The van der Waals surface area contributed by atoms with Crippen LogP contribution in [-0.2, 0) is 10.2 Å². The van der Waals surface area contributed by atoms with Crippen molar-refractivity contribution in [2.45, 2.75) is 18.4 Å². The van der Waals surface area contributed by atoms with Gasteiger partial charge in [-0.1, -0.05) is 0 Å². The summed E-state index contributed by atoms with van der Waals surface area (Å²) in [6.07, 6.45) is 5.18. The van der Waals surface area contributed by atoms with E-state index in [0.29, 0.717) is 19.6 Å². The van der Waals surface area contributed by atoms with E-state index in [1.165, 1.54) is 7.05 Å². The zero-order valence-electron chi connectivity index (χ0n) is 12.3. The Morgan fingerprint density at radius 1 is 1.32 bits per heavy atom. The maximum atomic E-state index is 12.2. The largest absolute Gasteiger partial charge is 0.353 e. The molecule has 1 aliphatic carbocycles. The van der Waals surface area contributed by atoms with Crippen LogP contribution >= 0.6 is 0 Å². The highest BCUT2D eigenvalue weighted by Gasteiger charge is 2.55. The van der Waals surface area contributed by atoms with Crippen LogP contribution in [0.4, 0.5) is 5.82 Å². The lowest BCUT2D eigenvalue weighted by molar-refractivity contribution is 0.268. The Morgan fingerprint density at radius 2 is 2.14 bits per heavy atom. The van der Waals surface area contributed by atoms with Crippen molar-refractivity contribution < 1.29 is 8.42 Å². The average Bonchev–Trinajstić information content (AvgIpc) is 3.10. The summed E-state index contributed by atoms with van der Waals surface area (Å²) >= 11 is 0. The second-order valence-corrected chi connectivity index (χ2v) is 7.66. The van der Waals surface area contributed by atoms with Gasteiger partial charge in [0.2, 0.25) is 0 Å². The van der Waals surface area contributed by atoms with Crippen LogP contribution < -0.4 is 9.62 Å². The predicted molar refractivity (Wildman–Crippen MR) is 82.8 cm³/mol. The van der Waals surface area contributed by atoms with Crippen molar-refractivity contribution in [2.24, 2.45) is 0 Å². The molecular formula is C13H18N6O2S. The van der Waals surface area contributed by atoms with Crippen molar-refractivity contribution in [3.8, 4) is 0 Å². The molecule has 0 radical (unpaired) electrons. The molecule has 0 unspecified atom stereocenters. The minimum atomic E-state index is -3.39. The number of nitrogens with one attached hydrogen (secondary N) is 2. The summed E-state index contributed by atoms with van der Waals surface area (Å²) in [5, 5.41) is 0.975. The summed E-state index contributed by atoms with van der Waals surface area (Å²) in [5.74, 6) is 0.874.